The predicted molar refractivity (Wildman–Crippen MR) is 104 cm³/mol. The van der Waals surface area contributed by atoms with Crippen LogP contribution in [0.2, 0.25) is 0 Å². The number of benzene rings is 2. The van der Waals surface area contributed by atoms with Gasteiger partial charge in [-0.2, -0.15) is 13.2 Å². The molecule has 0 saturated carbocycles. The van der Waals surface area contributed by atoms with Crippen LogP contribution in [-0.2, 0) is 17.5 Å². The normalized spacial score (nSPS) is 16.9. The van der Waals surface area contributed by atoms with Crippen LogP contribution in [0, 0.1) is 5.82 Å². The standard InChI is InChI=1S/C22H24F4N2O2/c23-20-8-6-17(22(24,25)26)14-16(20)15-28-18(7-9-21(28)29)10-11-27-12-13-30-19-4-2-1-3-5-19/h1-6,8,14,18,27H,7,9-13,15H2. The van der Waals surface area contributed by atoms with Gasteiger partial charge in [-0.05, 0) is 49.7 Å². The molecule has 30 heavy (non-hydrogen) atoms. The van der Waals surface area contributed by atoms with Gasteiger partial charge in [-0.1, -0.05) is 18.2 Å². The Morgan fingerprint density at radius 1 is 1.10 bits per heavy atom. The van der Waals surface area contributed by atoms with Gasteiger partial charge < -0.3 is 15.0 Å². The lowest BCUT2D eigenvalue weighted by atomic mass is 10.1. The van der Waals surface area contributed by atoms with Crippen molar-refractivity contribution in [2.24, 2.45) is 0 Å². The monoisotopic (exact) mass is 424 g/mol. The van der Waals surface area contributed by atoms with Gasteiger partial charge in [0.15, 0.2) is 0 Å². The van der Waals surface area contributed by atoms with Crippen molar-refractivity contribution < 1.29 is 27.1 Å². The highest BCUT2D eigenvalue weighted by Gasteiger charge is 2.33. The Hall–Kier alpha value is -2.61. The van der Waals surface area contributed by atoms with E-state index in [-0.39, 0.29) is 24.1 Å². The van der Waals surface area contributed by atoms with Crippen LogP contribution in [0.5, 0.6) is 5.75 Å². The van der Waals surface area contributed by atoms with Gasteiger partial charge in [0.25, 0.3) is 0 Å². The minimum atomic E-state index is -4.55. The smallest absolute Gasteiger partial charge is 0.416 e. The van der Waals surface area contributed by atoms with Crippen LogP contribution in [0.25, 0.3) is 0 Å². The van der Waals surface area contributed by atoms with Gasteiger partial charge in [0.1, 0.15) is 18.2 Å². The quantitative estimate of drug-likeness (QED) is 0.480. The molecular weight excluding hydrogens is 400 g/mol. The molecule has 1 unspecified atom stereocenters. The van der Waals surface area contributed by atoms with E-state index >= 15 is 0 Å². The molecule has 1 heterocycles. The van der Waals surface area contributed by atoms with Gasteiger partial charge in [0, 0.05) is 31.1 Å². The third kappa shape index (κ3) is 5.95. The number of amides is 1. The third-order valence-corrected chi connectivity index (χ3v) is 5.11. The van der Waals surface area contributed by atoms with E-state index in [1.807, 2.05) is 30.3 Å². The number of nitrogens with zero attached hydrogens (tertiary/aromatic N) is 1. The molecule has 8 heteroatoms. The summed E-state index contributed by atoms with van der Waals surface area (Å²) in [5.41, 5.74) is -1.03. The molecule has 2 aromatic rings. The second kappa shape index (κ2) is 9.93. The third-order valence-electron chi connectivity index (χ3n) is 5.11. The summed E-state index contributed by atoms with van der Waals surface area (Å²) in [4.78, 5) is 13.7. The van der Waals surface area contributed by atoms with Gasteiger partial charge >= 0.3 is 6.18 Å². The van der Waals surface area contributed by atoms with Crippen LogP contribution >= 0.6 is 0 Å². The molecule has 0 spiro atoms. The fourth-order valence-electron chi connectivity index (χ4n) is 3.52. The number of hydrogen-bond donors (Lipinski definition) is 1. The molecular formula is C22H24F4N2O2. The Bertz CT molecular complexity index is 843. The average molecular weight is 424 g/mol. The van der Waals surface area contributed by atoms with Gasteiger partial charge in [0.05, 0.1) is 5.56 Å². The van der Waals surface area contributed by atoms with E-state index in [0.717, 1.165) is 17.9 Å². The maximum atomic E-state index is 14.1. The minimum Gasteiger partial charge on any atom is -0.492 e. The lowest BCUT2D eigenvalue weighted by Gasteiger charge is -2.25. The molecule has 2 aromatic carbocycles. The molecule has 3 rings (SSSR count). The maximum Gasteiger partial charge on any atom is 0.416 e. The van der Waals surface area contributed by atoms with E-state index < -0.39 is 17.6 Å². The van der Waals surface area contributed by atoms with Crippen molar-refractivity contribution >= 4 is 5.91 Å². The zero-order valence-corrected chi connectivity index (χ0v) is 16.4. The van der Waals surface area contributed by atoms with Crippen molar-refractivity contribution in [1.29, 1.82) is 0 Å². The molecule has 1 N–H and O–H groups in total. The molecule has 0 aromatic heterocycles. The molecule has 0 radical (unpaired) electrons. The van der Waals surface area contributed by atoms with Crippen molar-refractivity contribution in [2.75, 3.05) is 19.7 Å². The number of halogens is 4. The van der Waals surface area contributed by atoms with Gasteiger partial charge in [-0.25, -0.2) is 4.39 Å². The first-order valence-corrected chi connectivity index (χ1v) is 9.88. The highest BCUT2D eigenvalue weighted by Crippen LogP contribution is 2.31. The summed E-state index contributed by atoms with van der Waals surface area (Å²) < 4.78 is 58.4. The maximum absolute atomic E-state index is 14.1. The number of likely N-dealkylation sites (tertiary alicyclic amines) is 1. The van der Waals surface area contributed by atoms with E-state index in [0.29, 0.717) is 45.0 Å². The summed E-state index contributed by atoms with van der Waals surface area (Å²) in [6.07, 6.45) is -2.98. The Morgan fingerprint density at radius 3 is 2.60 bits per heavy atom. The second-order valence-corrected chi connectivity index (χ2v) is 7.22. The van der Waals surface area contributed by atoms with Crippen molar-refractivity contribution in [1.82, 2.24) is 10.2 Å². The number of rotatable bonds is 9. The molecule has 1 aliphatic rings. The zero-order chi connectivity index (χ0) is 21.6. The lowest BCUT2D eigenvalue weighted by Crippen LogP contribution is -2.35. The summed E-state index contributed by atoms with van der Waals surface area (Å²) in [6.45, 7) is 1.58. The Morgan fingerprint density at radius 2 is 1.87 bits per heavy atom. The van der Waals surface area contributed by atoms with E-state index in [9.17, 15) is 22.4 Å². The fraction of sp³-hybridized carbons (Fsp3) is 0.409. The van der Waals surface area contributed by atoms with E-state index in [1.54, 1.807) is 0 Å². The minimum absolute atomic E-state index is 0.116. The van der Waals surface area contributed by atoms with E-state index in [1.165, 1.54) is 4.90 Å². The van der Waals surface area contributed by atoms with Gasteiger partial charge in [-0.3, -0.25) is 4.79 Å². The van der Waals surface area contributed by atoms with Crippen LogP contribution in [-0.4, -0.2) is 36.5 Å². The predicted octanol–water partition coefficient (Wildman–Crippen LogP) is 4.39. The number of ether oxygens (including phenoxy) is 1. The summed E-state index contributed by atoms with van der Waals surface area (Å²) in [6, 6.07) is 11.6. The molecule has 0 bridgehead atoms. The fourth-order valence-corrected chi connectivity index (χ4v) is 3.52. The zero-order valence-electron chi connectivity index (χ0n) is 16.4. The second-order valence-electron chi connectivity index (χ2n) is 7.22. The van der Waals surface area contributed by atoms with E-state index in [2.05, 4.69) is 5.32 Å². The summed E-state index contributed by atoms with van der Waals surface area (Å²) >= 11 is 0. The SMILES string of the molecule is O=C1CCC(CCNCCOc2ccccc2)N1Cc1cc(C(F)(F)F)ccc1F. The van der Waals surface area contributed by atoms with Crippen molar-refractivity contribution in [2.45, 2.75) is 38.0 Å². The first-order chi connectivity index (χ1) is 14.3. The number of nitrogens with one attached hydrogen (secondary N) is 1. The number of carbonyl (C=O) groups is 1. The number of hydrogen-bond acceptors (Lipinski definition) is 3. The van der Waals surface area contributed by atoms with E-state index in [4.69, 9.17) is 4.74 Å². The first-order valence-electron chi connectivity index (χ1n) is 9.88. The molecule has 1 atom stereocenters. The summed E-state index contributed by atoms with van der Waals surface area (Å²) in [7, 11) is 0. The van der Waals surface area contributed by atoms with Crippen LogP contribution in [0.15, 0.2) is 48.5 Å². The number of para-hydroxylation sites is 1. The Balaban J connectivity index is 1.49. The average Bonchev–Trinajstić information content (AvgIpc) is 3.05. The molecule has 1 fully saturated rings. The lowest BCUT2D eigenvalue weighted by molar-refractivity contribution is -0.137. The number of alkyl halides is 3. The largest absolute Gasteiger partial charge is 0.492 e. The topological polar surface area (TPSA) is 41.6 Å². The molecule has 162 valence electrons. The van der Waals surface area contributed by atoms with Crippen LogP contribution in [0.4, 0.5) is 17.6 Å². The molecule has 1 aliphatic heterocycles. The van der Waals surface area contributed by atoms with Gasteiger partial charge in [0.2, 0.25) is 5.91 Å². The van der Waals surface area contributed by atoms with Crippen LogP contribution < -0.4 is 10.1 Å². The van der Waals surface area contributed by atoms with Gasteiger partial charge in [-0.15, -0.1) is 0 Å². The summed E-state index contributed by atoms with van der Waals surface area (Å²) in [5.74, 6) is -0.114. The Labute approximate surface area is 172 Å². The number of carbonyl (C=O) groups excluding carboxylic acids is 1. The first kappa shape index (κ1) is 22.1. The van der Waals surface area contributed by atoms with Crippen LogP contribution in [0.1, 0.15) is 30.4 Å². The molecule has 1 saturated heterocycles. The molecule has 0 aliphatic carbocycles. The molecule has 1 amide bonds. The Kier molecular flexibility index (Phi) is 7.31. The highest BCUT2D eigenvalue weighted by atomic mass is 19.4. The van der Waals surface area contributed by atoms with Crippen molar-refractivity contribution in [3.05, 3.63) is 65.5 Å². The van der Waals surface area contributed by atoms with Crippen molar-refractivity contribution in [3.8, 4) is 5.75 Å². The highest BCUT2D eigenvalue weighted by molar-refractivity contribution is 5.78. The van der Waals surface area contributed by atoms with Crippen LogP contribution in [0.3, 0.4) is 0 Å². The van der Waals surface area contributed by atoms with Crippen molar-refractivity contribution in [3.63, 3.8) is 0 Å². The molecule has 4 nitrogen and oxygen atoms in total. The summed E-state index contributed by atoms with van der Waals surface area (Å²) in [5, 5.41) is 3.24.